The second kappa shape index (κ2) is 7.47. The average molecular weight is 365 g/mol. The van der Waals surface area contributed by atoms with Gasteiger partial charge in [-0.25, -0.2) is 9.78 Å². The largest absolute Gasteiger partial charge is 0.353 e. The number of carbonyl (C=O) groups excluding carboxylic acids is 1. The van der Waals surface area contributed by atoms with Crippen LogP contribution in [0, 0.1) is 6.92 Å². The minimum atomic E-state index is 0.0305. The Labute approximate surface area is 159 Å². The molecule has 1 aliphatic heterocycles. The molecule has 1 unspecified atom stereocenters. The van der Waals surface area contributed by atoms with Crippen molar-refractivity contribution < 1.29 is 4.79 Å². The Morgan fingerprint density at radius 3 is 2.89 bits per heavy atom. The number of nitrogens with zero attached hydrogens (tertiary/aromatic N) is 4. The molecule has 0 spiro atoms. The quantitative estimate of drug-likeness (QED) is 0.768. The molecule has 6 nitrogen and oxygen atoms in total. The van der Waals surface area contributed by atoms with Crippen LogP contribution in [-0.4, -0.2) is 38.1 Å². The third-order valence-corrected chi connectivity index (χ3v) is 5.55. The number of piperidine rings is 1. The van der Waals surface area contributed by atoms with Crippen LogP contribution in [0.1, 0.15) is 36.8 Å². The van der Waals surface area contributed by atoms with Crippen molar-refractivity contribution in [2.75, 3.05) is 13.1 Å². The van der Waals surface area contributed by atoms with E-state index in [0.29, 0.717) is 6.54 Å². The van der Waals surface area contributed by atoms with E-state index in [1.165, 1.54) is 12.1 Å². The minimum absolute atomic E-state index is 0.0305. The minimum Gasteiger partial charge on any atom is -0.353 e. The van der Waals surface area contributed by atoms with Gasteiger partial charge in [-0.1, -0.05) is 12.1 Å². The molecule has 142 valence electrons. The molecule has 1 fully saturated rings. The van der Waals surface area contributed by atoms with Gasteiger partial charge in [0.1, 0.15) is 5.82 Å². The molecule has 1 aromatic carbocycles. The van der Waals surface area contributed by atoms with Crippen molar-refractivity contribution in [3.8, 4) is 0 Å². The number of hydrogen-bond acceptors (Lipinski definition) is 2. The number of para-hydroxylation sites is 2. The Bertz CT molecular complexity index is 941. The van der Waals surface area contributed by atoms with Gasteiger partial charge in [0, 0.05) is 38.6 Å². The standard InChI is InChI=1S/C21H27N5O/c1-16-23-17-8-3-4-9-18(17)25(16)15-12-22-21(27)26-14-6-5-10-20(26)19-11-7-13-24(19)2/h3-4,7-9,11,13,20H,5-6,10,12,14-15H2,1-2H3,(H,22,27). The predicted molar refractivity (Wildman–Crippen MR) is 107 cm³/mol. The number of benzene rings is 1. The van der Waals surface area contributed by atoms with Crippen LogP contribution < -0.4 is 5.32 Å². The summed E-state index contributed by atoms with van der Waals surface area (Å²) in [6.45, 7) is 4.14. The van der Waals surface area contributed by atoms with E-state index in [1.54, 1.807) is 0 Å². The number of amides is 2. The monoisotopic (exact) mass is 365 g/mol. The van der Waals surface area contributed by atoms with E-state index >= 15 is 0 Å². The van der Waals surface area contributed by atoms with E-state index in [0.717, 1.165) is 42.8 Å². The summed E-state index contributed by atoms with van der Waals surface area (Å²) in [7, 11) is 2.05. The summed E-state index contributed by atoms with van der Waals surface area (Å²) in [4.78, 5) is 19.5. The molecular formula is C21H27N5O. The molecule has 4 rings (SSSR count). The number of nitrogens with one attached hydrogen (secondary N) is 1. The van der Waals surface area contributed by atoms with Crippen LogP contribution in [0.4, 0.5) is 4.79 Å². The van der Waals surface area contributed by atoms with Crippen molar-refractivity contribution in [1.29, 1.82) is 0 Å². The summed E-state index contributed by atoms with van der Waals surface area (Å²) >= 11 is 0. The number of hydrogen-bond donors (Lipinski definition) is 1. The first kappa shape index (κ1) is 17.6. The number of imidazole rings is 1. The number of carbonyl (C=O) groups is 1. The number of rotatable bonds is 4. The fourth-order valence-corrected chi connectivity index (χ4v) is 4.16. The number of fused-ring (bicyclic) bond motifs is 1. The first-order valence-corrected chi connectivity index (χ1v) is 9.73. The highest BCUT2D eigenvalue weighted by Crippen LogP contribution is 2.30. The molecule has 1 saturated heterocycles. The maximum atomic E-state index is 12.9. The summed E-state index contributed by atoms with van der Waals surface area (Å²) < 4.78 is 4.29. The van der Waals surface area contributed by atoms with Crippen molar-refractivity contribution in [1.82, 2.24) is 24.3 Å². The van der Waals surface area contributed by atoms with Crippen molar-refractivity contribution in [2.24, 2.45) is 7.05 Å². The summed E-state index contributed by atoms with van der Waals surface area (Å²) in [5.74, 6) is 0.977. The number of aromatic nitrogens is 3. The number of urea groups is 1. The first-order valence-electron chi connectivity index (χ1n) is 9.73. The van der Waals surface area contributed by atoms with Crippen molar-refractivity contribution in [3.05, 3.63) is 54.1 Å². The van der Waals surface area contributed by atoms with Gasteiger partial charge < -0.3 is 19.4 Å². The van der Waals surface area contributed by atoms with Crippen molar-refractivity contribution in [2.45, 2.75) is 38.8 Å². The Balaban J connectivity index is 1.42. The molecule has 3 aromatic rings. The van der Waals surface area contributed by atoms with Gasteiger partial charge in [0.25, 0.3) is 0 Å². The lowest BCUT2D eigenvalue weighted by molar-refractivity contribution is 0.148. The van der Waals surface area contributed by atoms with Gasteiger partial charge in [0.2, 0.25) is 0 Å². The fraction of sp³-hybridized carbons (Fsp3) is 0.429. The van der Waals surface area contributed by atoms with E-state index in [1.807, 2.05) is 49.3 Å². The van der Waals surface area contributed by atoms with E-state index in [9.17, 15) is 4.79 Å². The molecule has 1 atom stereocenters. The summed E-state index contributed by atoms with van der Waals surface area (Å²) in [6, 6.07) is 12.5. The zero-order valence-electron chi connectivity index (χ0n) is 16.1. The topological polar surface area (TPSA) is 55.1 Å². The molecule has 0 aliphatic carbocycles. The third-order valence-electron chi connectivity index (χ3n) is 5.55. The Hall–Kier alpha value is -2.76. The smallest absolute Gasteiger partial charge is 0.318 e. The van der Waals surface area contributed by atoms with Crippen LogP contribution in [-0.2, 0) is 13.6 Å². The van der Waals surface area contributed by atoms with Gasteiger partial charge >= 0.3 is 6.03 Å². The SMILES string of the molecule is Cc1nc2ccccc2n1CCNC(=O)N1CCCCC1c1cccn1C. The van der Waals surface area contributed by atoms with Crippen LogP contribution in [0.2, 0.25) is 0 Å². The molecule has 3 heterocycles. The maximum absolute atomic E-state index is 12.9. The summed E-state index contributed by atoms with van der Waals surface area (Å²) in [5.41, 5.74) is 3.33. The summed E-state index contributed by atoms with van der Waals surface area (Å²) in [6.07, 6.45) is 5.31. The molecule has 2 amide bonds. The van der Waals surface area contributed by atoms with Crippen molar-refractivity contribution >= 4 is 17.1 Å². The summed E-state index contributed by atoms with van der Waals surface area (Å²) in [5, 5.41) is 3.12. The van der Waals surface area contributed by atoms with Crippen LogP contribution in [0.25, 0.3) is 11.0 Å². The van der Waals surface area contributed by atoms with Gasteiger partial charge in [0.05, 0.1) is 17.1 Å². The zero-order valence-corrected chi connectivity index (χ0v) is 16.1. The van der Waals surface area contributed by atoms with Gasteiger partial charge in [0.15, 0.2) is 0 Å². The normalized spacial score (nSPS) is 17.4. The molecule has 1 N–H and O–H groups in total. The molecule has 1 aliphatic rings. The van der Waals surface area contributed by atoms with Crippen LogP contribution in [0.5, 0.6) is 0 Å². The molecule has 27 heavy (non-hydrogen) atoms. The number of likely N-dealkylation sites (tertiary alicyclic amines) is 1. The molecule has 0 bridgehead atoms. The molecule has 2 aromatic heterocycles. The highest BCUT2D eigenvalue weighted by Gasteiger charge is 2.29. The number of aryl methyl sites for hydroxylation is 2. The Morgan fingerprint density at radius 2 is 2.07 bits per heavy atom. The lowest BCUT2D eigenvalue weighted by Gasteiger charge is -2.36. The molecular weight excluding hydrogens is 338 g/mol. The van der Waals surface area contributed by atoms with Gasteiger partial charge in [-0.15, -0.1) is 0 Å². The Kier molecular flexibility index (Phi) is 4.88. The van der Waals surface area contributed by atoms with Crippen LogP contribution >= 0.6 is 0 Å². The average Bonchev–Trinajstić information content (AvgIpc) is 3.24. The highest BCUT2D eigenvalue weighted by atomic mass is 16.2. The van der Waals surface area contributed by atoms with Crippen LogP contribution in [0.15, 0.2) is 42.6 Å². The lowest BCUT2D eigenvalue weighted by Crippen LogP contribution is -2.45. The Morgan fingerprint density at radius 1 is 1.22 bits per heavy atom. The van der Waals surface area contributed by atoms with Crippen molar-refractivity contribution in [3.63, 3.8) is 0 Å². The third kappa shape index (κ3) is 3.44. The van der Waals surface area contributed by atoms with E-state index in [4.69, 9.17) is 0 Å². The molecule has 0 radical (unpaired) electrons. The molecule has 6 heteroatoms. The van der Waals surface area contributed by atoms with E-state index < -0.39 is 0 Å². The lowest BCUT2D eigenvalue weighted by atomic mass is 10.00. The first-order chi connectivity index (χ1) is 13.1. The second-order valence-electron chi connectivity index (χ2n) is 7.28. The zero-order chi connectivity index (χ0) is 18.8. The fourth-order valence-electron chi connectivity index (χ4n) is 4.16. The van der Waals surface area contributed by atoms with E-state index in [-0.39, 0.29) is 12.1 Å². The highest BCUT2D eigenvalue weighted by molar-refractivity contribution is 5.76. The van der Waals surface area contributed by atoms with Gasteiger partial charge in [-0.2, -0.15) is 0 Å². The molecule has 0 saturated carbocycles. The van der Waals surface area contributed by atoms with E-state index in [2.05, 4.69) is 31.6 Å². The van der Waals surface area contributed by atoms with Crippen LogP contribution in [0.3, 0.4) is 0 Å². The second-order valence-corrected chi connectivity index (χ2v) is 7.28. The predicted octanol–water partition coefficient (Wildman–Crippen LogP) is 3.62. The maximum Gasteiger partial charge on any atom is 0.318 e. The van der Waals surface area contributed by atoms with Gasteiger partial charge in [-0.05, 0) is 50.5 Å². The van der Waals surface area contributed by atoms with Gasteiger partial charge in [-0.3, -0.25) is 0 Å².